The highest BCUT2D eigenvalue weighted by Crippen LogP contribution is 2.27. The molecule has 0 spiro atoms. The molecule has 1 aromatic carbocycles. The van der Waals surface area contributed by atoms with Gasteiger partial charge in [-0.3, -0.25) is 0 Å². The maximum Gasteiger partial charge on any atom is 0.177 e. The van der Waals surface area contributed by atoms with Crippen LogP contribution in [0.2, 0.25) is 0 Å². The fraction of sp³-hybridized carbons (Fsp3) is 0.400. The van der Waals surface area contributed by atoms with Crippen LogP contribution in [0.3, 0.4) is 0 Å². The van der Waals surface area contributed by atoms with Gasteiger partial charge >= 0.3 is 0 Å². The van der Waals surface area contributed by atoms with E-state index in [1.165, 1.54) is 0 Å². The second-order valence-corrected chi connectivity index (χ2v) is 6.43. The molecule has 0 aliphatic carbocycles. The van der Waals surface area contributed by atoms with E-state index in [0.29, 0.717) is 43.6 Å². The Bertz CT molecular complexity index is 913. The van der Waals surface area contributed by atoms with Gasteiger partial charge in [0.1, 0.15) is 17.4 Å². The van der Waals surface area contributed by atoms with Crippen molar-refractivity contribution in [1.29, 1.82) is 0 Å². The van der Waals surface area contributed by atoms with Crippen LogP contribution in [-0.2, 0) is 22.6 Å². The molecule has 0 amide bonds. The maximum absolute atomic E-state index is 6.33. The number of nitrogens with zero attached hydrogens (tertiary/aromatic N) is 4. The van der Waals surface area contributed by atoms with E-state index in [1.54, 1.807) is 28.7 Å². The van der Waals surface area contributed by atoms with Crippen LogP contribution in [0.4, 0.5) is 11.6 Å². The highest BCUT2D eigenvalue weighted by Gasteiger charge is 2.17. The van der Waals surface area contributed by atoms with Crippen LogP contribution >= 0.6 is 0 Å². The normalized spacial score (nSPS) is 11.3. The number of nitrogen functional groups attached to an aromatic ring is 2. The number of aromatic nitrogens is 4. The van der Waals surface area contributed by atoms with Crippen LogP contribution in [0.1, 0.15) is 19.4 Å². The van der Waals surface area contributed by atoms with Gasteiger partial charge in [-0.1, -0.05) is 12.1 Å². The molecule has 3 aromatic rings. The van der Waals surface area contributed by atoms with Gasteiger partial charge in [-0.15, -0.1) is 0 Å². The molecule has 0 fully saturated rings. The van der Waals surface area contributed by atoms with Gasteiger partial charge in [-0.05, 0) is 31.5 Å². The Kier molecular flexibility index (Phi) is 6.73. The molecule has 0 atom stereocenters. The lowest BCUT2D eigenvalue weighted by Gasteiger charge is -2.17. The summed E-state index contributed by atoms with van der Waals surface area (Å²) < 4.78 is 19.7. The molecule has 0 aliphatic heterocycles. The molecule has 2 aromatic heterocycles. The third-order valence-corrected chi connectivity index (χ3v) is 4.49. The maximum atomic E-state index is 6.33. The van der Waals surface area contributed by atoms with Gasteiger partial charge in [0.15, 0.2) is 6.29 Å². The summed E-state index contributed by atoms with van der Waals surface area (Å²) in [6.45, 7) is 5.87. The highest BCUT2D eigenvalue weighted by molar-refractivity contribution is 5.72. The van der Waals surface area contributed by atoms with Crippen molar-refractivity contribution in [3.63, 3.8) is 0 Å². The van der Waals surface area contributed by atoms with Gasteiger partial charge in [0, 0.05) is 19.3 Å². The predicted octanol–water partition coefficient (Wildman–Crippen LogP) is 2.37. The first kappa shape index (κ1) is 20.7. The lowest BCUT2D eigenvalue weighted by Crippen LogP contribution is -2.25. The van der Waals surface area contributed by atoms with Crippen molar-refractivity contribution in [2.45, 2.75) is 33.2 Å². The summed E-state index contributed by atoms with van der Waals surface area (Å²) in [6, 6.07) is 9.55. The van der Waals surface area contributed by atoms with Crippen molar-refractivity contribution in [3.05, 3.63) is 42.1 Å². The van der Waals surface area contributed by atoms with Crippen molar-refractivity contribution >= 4 is 11.6 Å². The zero-order valence-corrected chi connectivity index (χ0v) is 17.0. The zero-order valence-electron chi connectivity index (χ0n) is 17.0. The number of rotatable bonds is 10. The molecule has 0 radical (unpaired) electrons. The van der Waals surface area contributed by atoms with Crippen LogP contribution in [-0.4, -0.2) is 46.2 Å². The van der Waals surface area contributed by atoms with Crippen LogP contribution in [0.25, 0.3) is 11.3 Å². The van der Waals surface area contributed by atoms with Crippen molar-refractivity contribution in [1.82, 2.24) is 19.6 Å². The smallest absolute Gasteiger partial charge is 0.177 e. The molecule has 156 valence electrons. The highest BCUT2D eigenvalue weighted by atomic mass is 16.7. The Morgan fingerprint density at radius 3 is 2.34 bits per heavy atom. The van der Waals surface area contributed by atoms with Gasteiger partial charge in [0.2, 0.25) is 0 Å². The molecule has 0 aliphatic rings. The van der Waals surface area contributed by atoms with E-state index in [0.717, 1.165) is 16.9 Å². The van der Waals surface area contributed by atoms with E-state index in [4.69, 9.17) is 25.7 Å². The Labute approximate surface area is 170 Å². The summed E-state index contributed by atoms with van der Waals surface area (Å²) >= 11 is 0. The van der Waals surface area contributed by atoms with Gasteiger partial charge in [0.25, 0.3) is 0 Å². The van der Waals surface area contributed by atoms with E-state index < -0.39 is 6.29 Å². The summed E-state index contributed by atoms with van der Waals surface area (Å²) in [6.07, 6.45) is 1.29. The minimum absolute atomic E-state index is 0.396. The number of anilines is 2. The zero-order chi connectivity index (χ0) is 20.8. The van der Waals surface area contributed by atoms with E-state index in [9.17, 15) is 0 Å². The molecule has 9 heteroatoms. The Morgan fingerprint density at radius 1 is 1.03 bits per heavy atom. The van der Waals surface area contributed by atoms with Crippen LogP contribution in [0, 0.1) is 0 Å². The fourth-order valence-corrected chi connectivity index (χ4v) is 3.00. The van der Waals surface area contributed by atoms with E-state index in [1.807, 2.05) is 38.1 Å². The van der Waals surface area contributed by atoms with E-state index in [2.05, 4.69) is 10.2 Å². The second-order valence-electron chi connectivity index (χ2n) is 6.43. The average molecular weight is 400 g/mol. The first-order chi connectivity index (χ1) is 14.0. The van der Waals surface area contributed by atoms with Crippen molar-refractivity contribution in [2.24, 2.45) is 0 Å². The third kappa shape index (κ3) is 4.87. The Balaban J connectivity index is 1.77. The lowest BCUT2D eigenvalue weighted by molar-refractivity contribution is -0.144. The second kappa shape index (κ2) is 9.44. The summed E-state index contributed by atoms with van der Waals surface area (Å²) in [5.41, 5.74) is 14.9. The van der Waals surface area contributed by atoms with E-state index >= 15 is 0 Å². The predicted molar refractivity (Wildman–Crippen MR) is 111 cm³/mol. The first-order valence-electron chi connectivity index (χ1n) is 9.56. The standard InChI is InChI=1S/C20H28N6O3/c1-4-28-19(29-5-2)13-25-18(21)10-17(24-25)16-11-23-26(20(16)22)12-14-6-8-15(27-3)9-7-14/h6-11,19H,4-5,12-13,21-22H2,1-3H3. The molecular weight excluding hydrogens is 372 g/mol. The van der Waals surface area contributed by atoms with Crippen molar-refractivity contribution in [2.75, 3.05) is 31.8 Å². The van der Waals surface area contributed by atoms with Gasteiger partial charge in [-0.25, -0.2) is 9.36 Å². The number of nitrogens with two attached hydrogens (primary N) is 2. The summed E-state index contributed by atoms with van der Waals surface area (Å²) in [5.74, 6) is 1.84. The first-order valence-corrected chi connectivity index (χ1v) is 9.56. The monoisotopic (exact) mass is 400 g/mol. The summed E-state index contributed by atoms with van der Waals surface area (Å²) in [4.78, 5) is 0. The fourth-order valence-electron chi connectivity index (χ4n) is 3.00. The molecule has 4 N–H and O–H groups in total. The number of ether oxygens (including phenoxy) is 3. The van der Waals surface area contributed by atoms with Crippen LogP contribution in [0.15, 0.2) is 36.5 Å². The van der Waals surface area contributed by atoms with Gasteiger partial charge in [0.05, 0.1) is 37.7 Å². The molecule has 0 unspecified atom stereocenters. The number of benzene rings is 1. The molecule has 0 saturated heterocycles. The number of hydrogen-bond acceptors (Lipinski definition) is 7. The molecule has 9 nitrogen and oxygen atoms in total. The third-order valence-electron chi connectivity index (χ3n) is 4.49. The summed E-state index contributed by atoms with van der Waals surface area (Å²) in [5, 5.41) is 8.98. The Morgan fingerprint density at radius 2 is 1.72 bits per heavy atom. The van der Waals surface area contributed by atoms with Crippen molar-refractivity contribution in [3.8, 4) is 17.0 Å². The molecule has 0 saturated carbocycles. The molecule has 2 heterocycles. The van der Waals surface area contributed by atoms with Crippen LogP contribution < -0.4 is 16.2 Å². The van der Waals surface area contributed by atoms with Crippen LogP contribution in [0.5, 0.6) is 5.75 Å². The minimum atomic E-state index is -0.407. The lowest BCUT2D eigenvalue weighted by atomic mass is 10.2. The van der Waals surface area contributed by atoms with Crippen molar-refractivity contribution < 1.29 is 14.2 Å². The minimum Gasteiger partial charge on any atom is -0.497 e. The summed E-state index contributed by atoms with van der Waals surface area (Å²) in [7, 11) is 1.64. The molecule has 29 heavy (non-hydrogen) atoms. The van der Waals surface area contributed by atoms with Gasteiger partial charge in [-0.2, -0.15) is 10.2 Å². The SMILES string of the molecule is CCOC(Cn1nc(-c2cnn(Cc3ccc(OC)cc3)c2N)cc1N)OCC. The Hall–Kier alpha value is -3.04. The molecular formula is C20H28N6O3. The van der Waals surface area contributed by atoms with E-state index in [-0.39, 0.29) is 0 Å². The number of hydrogen-bond donors (Lipinski definition) is 2. The quantitative estimate of drug-likeness (QED) is 0.502. The number of methoxy groups -OCH3 is 1. The topological polar surface area (TPSA) is 115 Å². The molecule has 0 bridgehead atoms. The van der Waals surface area contributed by atoms with Gasteiger partial charge < -0.3 is 25.7 Å². The molecule has 3 rings (SSSR count). The average Bonchev–Trinajstić information content (AvgIpc) is 3.25. The largest absolute Gasteiger partial charge is 0.497 e.